The third-order valence-corrected chi connectivity index (χ3v) is 5.03. The molecule has 0 spiro atoms. The van der Waals surface area contributed by atoms with Crippen LogP contribution in [0.4, 0.5) is 4.39 Å². The molecule has 1 saturated heterocycles. The summed E-state index contributed by atoms with van der Waals surface area (Å²) >= 11 is 0. The van der Waals surface area contributed by atoms with Gasteiger partial charge < -0.3 is 4.90 Å². The van der Waals surface area contributed by atoms with E-state index in [1.54, 1.807) is 12.3 Å². The lowest BCUT2D eigenvalue weighted by atomic mass is 9.91. The molecule has 1 fully saturated rings. The highest BCUT2D eigenvalue weighted by atomic mass is 19.1. The number of H-pyrrole nitrogens is 1. The van der Waals surface area contributed by atoms with Crippen LogP contribution < -0.4 is 0 Å². The van der Waals surface area contributed by atoms with E-state index in [0.29, 0.717) is 11.5 Å². The zero-order valence-corrected chi connectivity index (χ0v) is 14.8. The molecule has 0 saturated carbocycles. The molecule has 4 nitrogen and oxygen atoms in total. The summed E-state index contributed by atoms with van der Waals surface area (Å²) < 4.78 is 13.8. The number of amides is 1. The van der Waals surface area contributed by atoms with Crippen molar-refractivity contribution in [2.45, 2.75) is 45.4 Å². The molecule has 134 valence electrons. The Balaban J connectivity index is 1.60. The molecule has 0 radical (unpaired) electrons. The number of halogens is 1. The minimum absolute atomic E-state index is 0.0767. The maximum atomic E-state index is 13.8. The molecule has 1 N–H and O–H groups in total. The smallest absolute Gasteiger partial charge is 0.257 e. The average molecular weight is 343 g/mol. The molecule has 25 heavy (non-hydrogen) atoms. The van der Waals surface area contributed by atoms with Crippen molar-refractivity contribution in [1.82, 2.24) is 15.1 Å². The first-order valence-corrected chi connectivity index (χ1v) is 9.24. The second-order valence-corrected chi connectivity index (χ2v) is 6.90. The van der Waals surface area contributed by atoms with E-state index in [1.807, 2.05) is 17.0 Å². The summed E-state index contributed by atoms with van der Waals surface area (Å²) in [7, 11) is 0. The van der Waals surface area contributed by atoms with Crippen LogP contribution in [0, 0.1) is 11.7 Å². The summed E-state index contributed by atoms with van der Waals surface area (Å²) in [6.07, 6.45) is 7.22. The largest absolute Gasteiger partial charge is 0.338 e. The van der Waals surface area contributed by atoms with Crippen LogP contribution in [-0.4, -0.2) is 34.1 Å². The van der Waals surface area contributed by atoms with Gasteiger partial charge >= 0.3 is 0 Å². The number of hydrogen-bond acceptors (Lipinski definition) is 2. The van der Waals surface area contributed by atoms with Crippen LogP contribution in [0.5, 0.6) is 0 Å². The third kappa shape index (κ3) is 4.27. The number of nitrogens with one attached hydrogen (secondary N) is 1. The Bertz CT molecular complexity index is 712. The van der Waals surface area contributed by atoms with E-state index in [0.717, 1.165) is 62.9 Å². The number of carbonyl (C=O) groups is 1. The second-order valence-electron chi connectivity index (χ2n) is 6.90. The summed E-state index contributed by atoms with van der Waals surface area (Å²) in [5, 5.41) is 7.00. The highest BCUT2D eigenvalue weighted by Gasteiger charge is 2.26. The number of aromatic amines is 1. The molecule has 0 unspecified atom stereocenters. The first-order valence-electron chi connectivity index (χ1n) is 9.24. The average Bonchev–Trinajstić information content (AvgIpc) is 3.09. The van der Waals surface area contributed by atoms with Crippen molar-refractivity contribution in [1.29, 1.82) is 0 Å². The van der Waals surface area contributed by atoms with Crippen LogP contribution in [0.25, 0.3) is 0 Å². The number of nitrogens with zero attached hydrogens (tertiary/aromatic N) is 2. The first kappa shape index (κ1) is 17.6. The molecule has 1 aliphatic rings. The number of carbonyl (C=O) groups excluding carboxylic acids is 1. The van der Waals surface area contributed by atoms with Crippen molar-refractivity contribution < 1.29 is 9.18 Å². The summed E-state index contributed by atoms with van der Waals surface area (Å²) in [5.41, 5.74) is 2.41. The Morgan fingerprint density at radius 1 is 1.36 bits per heavy atom. The highest BCUT2D eigenvalue weighted by Crippen LogP contribution is 2.24. The third-order valence-electron chi connectivity index (χ3n) is 5.03. The number of aromatic nitrogens is 2. The van der Waals surface area contributed by atoms with Crippen molar-refractivity contribution >= 4 is 5.91 Å². The summed E-state index contributed by atoms with van der Waals surface area (Å²) in [6, 6.07) is 6.96. The predicted molar refractivity (Wildman–Crippen MR) is 95.9 cm³/mol. The fraction of sp³-hybridized carbons (Fsp3) is 0.500. The van der Waals surface area contributed by atoms with E-state index in [-0.39, 0.29) is 11.7 Å². The molecule has 5 heteroatoms. The molecule has 2 heterocycles. The van der Waals surface area contributed by atoms with E-state index in [4.69, 9.17) is 0 Å². The molecular formula is C20H26FN3O. The Morgan fingerprint density at radius 3 is 3.00 bits per heavy atom. The van der Waals surface area contributed by atoms with Crippen LogP contribution >= 0.6 is 0 Å². The lowest BCUT2D eigenvalue weighted by Crippen LogP contribution is -2.40. The van der Waals surface area contributed by atoms with Crippen LogP contribution in [0.2, 0.25) is 0 Å². The standard InChI is InChI=1S/C20H26FN3O/c1-2-6-19-17(13-22-23-19)20(25)24-12-5-7-15(14-24)10-11-16-8-3-4-9-18(16)21/h3-4,8-9,13,15H,2,5-7,10-12,14H2,1H3,(H,22,23)/t15-/m1/s1. The van der Waals surface area contributed by atoms with Gasteiger partial charge in [-0.15, -0.1) is 0 Å². The number of likely N-dealkylation sites (tertiary alicyclic amines) is 1. The van der Waals surface area contributed by atoms with Gasteiger partial charge in [-0.25, -0.2) is 4.39 Å². The Hall–Kier alpha value is -2.17. The van der Waals surface area contributed by atoms with Crippen molar-refractivity contribution in [3.05, 3.63) is 53.1 Å². The van der Waals surface area contributed by atoms with Crippen LogP contribution in [0.15, 0.2) is 30.5 Å². The molecule has 2 aromatic rings. The van der Waals surface area contributed by atoms with Gasteiger partial charge in [0, 0.05) is 18.8 Å². The van der Waals surface area contributed by atoms with Crippen molar-refractivity contribution in [3.63, 3.8) is 0 Å². The van der Waals surface area contributed by atoms with Crippen molar-refractivity contribution in [3.8, 4) is 0 Å². The quantitative estimate of drug-likeness (QED) is 0.862. The van der Waals surface area contributed by atoms with Crippen molar-refractivity contribution in [2.24, 2.45) is 5.92 Å². The Kier molecular flexibility index (Phi) is 5.84. The highest BCUT2D eigenvalue weighted by molar-refractivity contribution is 5.95. The Labute approximate surface area is 148 Å². The fourth-order valence-electron chi connectivity index (χ4n) is 3.65. The summed E-state index contributed by atoms with van der Waals surface area (Å²) in [5.74, 6) is 0.375. The topological polar surface area (TPSA) is 49.0 Å². The molecule has 0 bridgehead atoms. The fourth-order valence-corrected chi connectivity index (χ4v) is 3.65. The maximum Gasteiger partial charge on any atom is 0.257 e. The van der Waals surface area contributed by atoms with Gasteiger partial charge in [0.15, 0.2) is 0 Å². The van der Waals surface area contributed by atoms with Crippen LogP contribution in [-0.2, 0) is 12.8 Å². The number of hydrogen-bond donors (Lipinski definition) is 1. The summed E-state index contributed by atoms with van der Waals surface area (Å²) in [4.78, 5) is 14.8. The van der Waals surface area contributed by atoms with Gasteiger partial charge in [-0.2, -0.15) is 5.10 Å². The molecule has 0 aliphatic carbocycles. The molecule has 3 rings (SSSR count). The minimum atomic E-state index is -0.131. The zero-order valence-electron chi connectivity index (χ0n) is 14.8. The van der Waals surface area contributed by atoms with Crippen LogP contribution in [0.3, 0.4) is 0 Å². The molecule has 1 atom stereocenters. The van der Waals surface area contributed by atoms with Crippen LogP contribution in [0.1, 0.15) is 54.2 Å². The van der Waals surface area contributed by atoms with Gasteiger partial charge in [0.1, 0.15) is 5.82 Å². The van der Waals surface area contributed by atoms with Crippen molar-refractivity contribution in [2.75, 3.05) is 13.1 Å². The first-order chi connectivity index (χ1) is 12.2. The Morgan fingerprint density at radius 2 is 2.20 bits per heavy atom. The molecule has 1 aromatic heterocycles. The van der Waals surface area contributed by atoms with Gasteiger partial charge in [0.05, 0.1) is 11.8 Å². The van der Waals surface area contributed by atoms with E-state index in [2.05, 4.69) is 17.1 Å². The monoisotopic (exact) mass is 343 g/mol. The van der Waals surface area contributed by atoms with Gasteiger partial charge in [0.2, 0.25) is 0 Å². The number of aryl methyl sites for hydroxylation is 2. The van der Waals surface area contributed by atoms with Gasteiger partial charge in [0.25, 0.3) is 5.91 Å². The normalized spacial score (nSPS) is 17.7. The SMILES string of the molecule is CCCc1[nH]ncc1C(=O)N1CCC[C@H](CCc2ccccc2F)C1. The van der Waals surface area contributed by atoms with Gasteiger partial charge in [-0.1, -0.05) is 31.5 Å². The maximum absolute atomic E-state index is 13.8. The molecular weight excluding hydrogens is 317 g/mol. The second kappa shape index (κ2) is 8.28. The lowest BCUT2D eigenvalue weighted by Gasteiger charge is -2.33. The molecule has 1 aromatic carbocycles. The minimum Gasteiger partial charge on any atom is -0.338 e. The predicted octanol–water partition coefficient (Wildman–Crippen LogP) is 3.99. The molecule has 1 amide bonds. The van der Waals surface area contributed by atoms with E-state index < -0.39 is 0 Å². The summed E-state index contributed by atoms with van der Waals surface area (Å²) in [6.45, 7) is 3.64. The number of benzene rings is 1. The van der Waals surface area contributed by atoms with E-state index in [9.17, 15) is 9.18 Å². The van der Waals surface area contributed by atoms with E-state index in [1.165, 1.54) is 6.07 Å². The molecule has 1 aliphatic heterocycles. The van der Waals surface area contributed by atoms with Gasteiger partial charge in [-0.3, -0.25) is 9.89 Å². The van der Waals surface area contributed by atoms with E-state index >= 15 is 0 Å². The lowest BCUT2D eigenvalue weighted by molar-refractivity contribution is 0.0667. The number of piperidine rings is 1. The van der Waals surface area contributed by atoms with Gasteiger partial charge in [-0.05, 0) is 49.7 Å². The zero-order chi connectivity index (χ0) is 17.6. The number of rotatable bonds is 6.